The Morgan fingerprint density at radius 3 is 2.96 bits per heavy atom. The molecular formula is C20H29NO3. The average Bonchev–Trinajstić information content (AvgIpc) is 3.02. The zero-order chi connectivity index (χ0) is 17.1. The van der Waals surface area contributed by atoms with Gasteiger partial charge in [-0.2, -0.15) is 0 Å². The normalized spacial score (nSPS) is 24.5. The highest BCUT2D eigenvalue weighted by Crippen LogP contribution is 2.37. The zero-order valence-electron chi connectivity index (χ0n) is 14.8. The van der Waals surface area contributed by atoms with Gasteiger partial charge in [-0.15, -0.1) is 0 Å². The average molecular weight is 331 g/mol. The Balaban J connectivity index is 1.69. The van der Waals surface area contributed by atoms with Crippen LogP contribution in [0.1, 0.15) is 62.5 Å². The van der Waals surface area contributed by atoms with Crippen LogP contribution in [0.25, 0.3) is 0 Å². The fourth-order valence-corrected chi connectivity index (χ4v) is 4.36. The summed E-state index contributed by atoms with van der Waals surface area (Å²) < 4.78 is 5.33. The summed E-state index contributed by atoms with van der Waals surface area (Å²) in [4.78, 5) is 14.9. The number of aliphatic hydroxyl groups is 1. The summed E-state index contributed by atoms with van der Waals surface area (Å²) in [6.45, 7) is 2.66. The number of fused-ring (bicyclic) bond motifs is 1. The van der Waals surface area contributed by atoms with Crippen LogP contribution in [0.3, 0.4) is 0 Å². The number of benzene rings is 1. The number of hydrogen-bond donors (Lipinski definition) is 1. The minimum Gasteiger partial charge on any atom is -0.497 e. The molecule has 1 saturated heterocycles. The lowest BCUT2D eigenvalue weighted by Gasteiger charge is -2.30. The van der Waals surface area contributed by atoms with Gasteiger partial charge in [0.2, 0.25) is 5.91 Å². The Hall–Kier alpha value is -1.55. The molecular weight excluding hydrogens is 302 g/mol. The molecule has 0 radical (unpaired) electrons. The molecule has 0 bridgehead atoms. The first-order chi connectivity index (χ1) is 11.6. The maximum absolute atomic E-state index is 12.9. The summed E-state index contributed by atoms with van der Waals surface area (Å²) in [5.41, 5.74) is 2.65. The molecule has 4 heteroatoms. The summed E-state index contributed by atoms with van der Waals surface area (Å²) in [5.74, 6) is 1.48. The van der Waals surface area contributed by atoms with Crippen molar-refractivity contribution < 1.29 is 14.6 Å². The number of carbonyl (C=O) groups is 1. The number of methoxy groups -OCH3 is 1. The lowest BCUT2D eigenvalue weighted by Crippen LogP contribution is -2.38. The standard InChI is InChI=1S/C20H29NO3/c1-14(22)11-17-7-4-10-21(17)20(23)13-16-6-3-5-15-12-18(24-2)8-9-19(15)16/h8-9,12,14,16-17,22H,3-7,10-11,13H2,1-2H3. The second-order valence-corrected chi connectivity index (χ2v) is 7.33. The van der Waals surface area contributed by atoms with E-state index in [1.807, 2.05) is 17.9 Å². The van der Waals surface area contributed by atoms with Gasteiger partial charge in [0.05, 0.1) is 13.2 Å². The molecule has 2 aliphatic rings. The van der Waals surface area contributed by atoms with Crippen molar-refractivity contribution in [2.45, 2.75) is 69.9 Å². The predicted octanol–water partition coefficient (Wildman–Crippen LogP) is 3.27. The van der Waals surface area contributed by atoms with Gasteiger partial charge >= 0.3 is 0 Å². The molecule has 0 aromatic heterocycles. The van der Waals surface area contributed by atoms with E-state index in [-0.39, 0.29) is 18.1 Å². The zero-order valence-corrected chi connectivity index (χ0v) is 14.8. The van der Waals surface area contributed by atoms with E-state index >= 15 is 0 Å². The Kier molecular flexibility index (Phi) is 5.44. The maximum atomic E-state index is 12.9. The van der Waals surface area contributed by atoms with Gasteiger partial charge in [0.15, 0.2) is 0 Å². The second-order valence-electron chi connectivity index (χ2n) is 7.33. The highest BCUT2D eigenvalue weighted by atomic mass is 16.5. The van der Waals surface area contributed by atoms with Crippen molar-refractivity contribution in [1.29, 1.82) is 0 Å². The molecule has 1 amide bonds. The van der Waals surface area contributed by atoms with Crippen LogP contribution in [0, 0.1) is 0 Å². The summed E-state index contributed by atoms with van der Waals surface area (Å²) in [6, 6.07) is 6.49. The summed E-state index contributed by atoms with van der Waals surface area (Å²) in [7, 11) is 1.70. The van der Waals surface area contributed by atoms with E-state index in [1.54, 1.807) is 7.11 Å². The molecule has 1 heterocycles. The molecule has 24 heavy (non-hydrogen) atoms. The Morgan fingerprint density at radius 1 is 1.38 bits per heavy atom. The molecule has 1 aliphatic heterocycles. The number of hydrogen-bond acceptors (Lipinski definition) is 3. The summed E-state index contributed by atoms with van der Waals surface area (Å²) in [6.07, 6.45) is 6.32. The van der Waals surface area contributed by atoms with E-state index in [2.05, 4.69) is 12.1 Å². The van der Waals surface area contributed by atoms with Crippen LogP contribution in [0.5, 0.6) is 5.75 Å². The third-order valence-corrected chi connectivity index (χ3v) is 5.52. The van der Waals surface area contributed by atoms with Gasteiger partial charge in [-0.25, -0.2) is 0 Å². The molecule has 1 N–H and O–H groups in total. The van der Waals surface area contributed by atoms with E-state index in [0.717, 1.165) is 44.4 Å². The lowest BCUT2D eigenvalue weighted by molar-refractivity contribution is -0.132. The Labute approximate surface area is 144 Å². The predicted molar refractivity (Wildman–Crippen MR) is 94.3 cm³/mol. The van der Waals surface area contributed by atoms with Gasteiger partial charge in [0, 0.05) is 19.0 Å². The monoisotopic (exact) mass is 331 g/mol. The minimum absolute atomic E-state index is 0.219. The molecule has 0 saturated carbocycles. The van der Waals surface area contributed by atoms with Crippen LogP contribution >= 0.6 is 0 Å². The van der Waals surface area contributed by atoms with Crippen molar-refractivity contribution in [3.05, 3.63) is 29.3 Å². The van der Waals surface area contributed by atoms with Crippen LogP contribution in [0.4, 0.5) is 0 Å². The number of amides is 1. The van der Waals surface area contributed by atoms with Crippen molar-refractivity contribution in [3.63, 3.8) is 0 Å². The fraction of sp³-hybridized carbons (Fsp3) is 0.650. The third-order valence-electron chi connectivity index (χ3n) is 5.52. The highest BCUT2D eigenvalue weighted by Gasteiger charge is 2.32. The maximum Gasteiger partial charge on any atom is 0.223 e. The molecule has 1 fully saturated rings. The Bertz CT molecular complexity index is 584. The molecule has 1 aromatic carbocycles. The highest BCUT2D eigenvalue weighted by molar-refractivity contribution is 5.78. The minimum atomic E-state index is -0.341. The molecule has 0 spiro atoms. The van der Waals surface area contributed by atoms with Crippen LogP contribution in [0.2, 0.25) is 0 Å². The number of aryl methyl sites for hydroxylation is 1. The van der Waals surface area contributed by atoms with E-state index in [4.69, 9.17) is 4.74 Å². The van der Waals surface area contributed by atoms with Crippen molar-refractivity contribution in [2.75, 3.05) is 13.7 Å². The molecule has 3 unspecified atom stereocenters. The molecule has 3 atom stereocenters. The van der Waals surface area contributed by atoms with Gasteiger partial charge in [-0.05, 0) is 74.6 Å². The van der Waals surface area contributed by atoms with Gasteiger partial charge in [0.25, 0.3) is 0 Å². The number of nitrogens with zero attached hydrogens (tertiary/aromatic N) is 1. The van der Waals surface area contributed by atoms with Crippen LogP contribution < -0.4 is 4.74 Å². The smallest absolute Gasteiger partial charge is 0.223 e. The van der Waals surface area contributed by atoms with E-state index < -0.39 is 0 Å². The molecule has 4 nitrogen and oxygen atoms in total. The molecule has 1 aliphatic carbocycles. The summed E-state index contributed by atoms with van der Waals surface area (Å²) in [5, 5.41) is 9.66. The van der Waals surface area contributed by atoms with E-state index in [9.17, 15) is 9.90 Å². The van der Waals surface area contributed by atoms with Crippen molar-refractivity contribution in [3.8, 4) is 5.75 Å². The number of rotatable bonds is 5. The molecule has 3 rings (SSSR count). The lowest BCUT2D eigenvalue weighted by atomic mass is 9.80. The SMILES string of the molecule is COc1ccc2c(c1)CCCC2CC(=O)N1CCCC1CC(C)O. The third kappa shape index (κ3) is 3.75. The van der Waals surface area contributed by atoms with Crippen molar-refractivity contribution in [1.82, 2.24) is 4.90 Å². The first-order valence-corrected chi connectivity index (χ1v) is 9.23. The quantitative estimate of drug-likeness (QED) is 0.901. The molecule has 132 valence electrons. The first kappa shape index (κ1) is 17.3. The topological polar surface area (TPSA) is 49.8 Å². The summed E-state index contributed by atoms with van der Waals surface area (Å²) >= 11 is 0. The van der Waals surface area contributed by atoms with Crippen LogP contribution in [-0.2, 0) is 11.2 Å². The number of aliphatic hydroxyl groups excluding tert-OH is 1. The van der Waals surface area contributed by atoms with Gasteiger partial charge in [-0.1, -0.05) is 6.07 Å². The second kappa shape index (κ2) is 7.56. The molecule has 1 aromatic rings. The number of carbonyl (C=O) groups excluding carboxylic acids is 1. The number of likely N-dealkylation sites (tertiary alicyclic amines) is 1. The first-order valence-electron chi connectivity index (χ1n) is 9.23. The largest absolute Gasteiger partial charge is 0.497 e. The van der Waals surface area contributed by atoms with Gasteiger partial charge < -0.3 is 14.7 Å². The Morgan fingerprint density at radius 2 is 2.21 bits per heavy atom. The fourth-order valence-electron chi connectivity index (χ4n) is 4.36. The number of ether oxygens (including phenoxy) is 1. The van der Waals surface area contributed by atoms with Crippen LogP contribution in [-0.4, -0.2) is 41.7 Å². The van der Waals surface area contributed by atoms with Crippen molar-refractivity contribution >= 4 is 5.91 Å². The van der Waals surface area contributed by atoms with E-state index in [1.165, 1.54) is 11.1 Å². The van der Waals surface area contributed by atoms with E-state index in [0.29, 0.717) is 18.8 Å². The van der Waals surface area contributed by atoms with Crippen LogP contribution in [0.15, 0.2) is 18.2 Å². The van der Waals surface area contributed by atoms with Crippen molar-refractivity contribution in [2.24, 2.45) is 0 Å². The van der Waals surface area contributed by atoms with Gasteiger partial charge in [-0.3, -0.25) is 4.79 Å². The van der Waals surface area contributed by atoms with Gasteiger partial charge in [0.1, 0.15) is 5.75 Å².